The first-order chi connectivity index (χ1) is 8.24. The smallest absolute Gasteiger partial charge is 0.123 e. The summed E-state index contributed by atoms with van der Waals surface area (Å²) in [7, 11) is 0. The van der Waals surface area contributed by atoms with Gasteiger partial charge < -0.3 is 0 Å². The molecule has 17 heavy (non-hydrogen) atoms. The van der Waals surface area contributed by atoms with Crippen molar-refractivity contribution in [1.82, 2.24) is 4.90 Å². The third-order valence-electron chi connectivity index (χ3n) is 3.06. The molecule has 0 saturated carbocycles. The van der Waals surface area contributed by atoms with Gasteiger partial charge in [0, 0.05) is 13.1 Å². The maximum absolute atomic E-state index is 12.7. The first-order valence-electron chi connectivity index (χ1n) is 6.71. The predicted molar refractivity (Wildman–Crippen MR) is 71.4 cm³/mol. The predicted octanol–water partition coefficient (Wildman–Crippen LogP) is 4.08. The van der Waals surface area contributed by atoms with Crippen LogP contribution in [0.4, 0.5) is 4.39 Å². The Bertz CT molecular complexity index is 307. The van der Waals surface area contributed by atoms with Crippen LogP contribution in [0.1, 0.15) is 39.2 Å². The van der Waals surface area contributed by atoms with Gasteiger partial charge in [-0.1, -0.05) is 32.9 Å². The third-order valence-corrected chi connectivity index (χ3v) is 3.06. The van der Waals surface area contributed by atoms with E-state index >= 15 is 0 Å². The highest BCUT2D eigenvalue weighted by molar-refractivity contribution is 5.15. The Labute approximate surface area is 105 Å². The maximum atomic E-state index is 12.7. The molecule has 1 saturated heterocycles. The van der Waals surface area contributed by atoms with Gasteiger partial charge in [-0.15, -0.1) is 0 Å². The zero-order valence-electron chi connectivity index (χ0n) is 11.2. The Hall–Kier alpha value is -0.890. The van der Waals surface area contributed by atoms with Crippen molar-refractivity contribution < 1.29 is 4.39 Å². The summed E-state index contributed by atoms with van der Waals surface area (Å²) < 4.78 is 12.7. The molecule has 1 aliphatic heterocycles. The molecule has 1 fully saturated rings. The second kappa shape index (κ2) is 7.44. The quantitative estimate of drug-likeness (QED) is 0.749. The van der Waals surface area contributed by atoms with Crippen molar-refractivity contribution in [3.05, 3.63) is 35.6 Å². The highest BCUT2D eigenvalue weighted by Crippen LogP contribution is 2.17. The zero-order chi connectivity index (χ0) is 12.7. The molecule has 2 rings (SSSR count). The van der Waals surface area contributed by atoms with E-state index in [4.69, 9.17) is 0 Å². The SMILES string of the molecule is CC.CC1CCCN(Cc2ccc(F)cc2)C1. The normalized spacial score (nSPS) is 20.6. The second-order valence-corrected chi connectivity index (χ2v) is 4.61. The Balaban J connectivity index is 0.000000686. The number of hydrogen-bond donors (Lipinski definition) is 0. The molecular weight excluding hydrogens is 213 g/mol. The lowest BCUT2D eigenvalue weighted by molar-refractivity contribution is 0.176. The lowest BCUT2D eigenvalue weighted by atomic mass is 10.00. The van der Waals surface area contributed by atoms with Gasteiger partial charge in [0.15, 0.2) is 0 Å². The minimum Gasteiger partial charge on any atom is -0.299 e. The number of likely N-dealkylation sites (tertiary alicyclic amines) is 1. The van der Waals surface area contributed by atoms with E-state index in [0.717, 1.165) is 12.5 Å². The van der Waals surface area contributed by atoms with E-state index in [0.29, 0.717) is 0 Å². The minimum atomic E-state index is -0.147. The van der Waals surface area contributed by atoms with E-state index in [2.05, 4.69) is 11.8 Å². The molecule has 1 unspecified atom stereocenters. The molecule has 1 aromatic rings. The highest BCUT2D eigenvalue weighted by atomic mass is 19.1. The Morgan fingerprint density at radius 1 is 1.24 bits per heavy atom. The Morgan fingerprint density at radius 3 is 2.47 bits per heavy atom. The number of nitrogens with zero attached hydrogens (tertiary/aromatic N) is 1. The van der Waals surface area contributed by atoms with Gasteiger partial charge in [0.1, 0.15) is 5.82 Å². The van der Waals surface area contributed by atoms with Crippen LogP contribution in [0, 0.1) is 11.7 Å². The number of hydrogen-bond acceptors (Lipinski definition) is 1. The molecular formula is C15H24FN. The summed E-state index contributed by atoms with van der Waals surface area (Å²) in [6.07, 6.45) is 2.64. The van der Waals surface area contributed by atoms with Gasteiger partial charge in [0.05, 0.1) is 0 Å². The van der Waals surface area contributed by atoms with Crippen LogP contribution in [0.25, 0.3) is 0 Å². The molecule has 0 radical (unpaired) electrons. The van der Waals surface area contributed by atoms with Gasteiger partial charge in [-0.3, -0.25) is 4.90 Å². The average Bonchev–Trinajstić information content (AvgIpc) is 2.35. The summed E-state index contributed by atoms with van der Waals surface area (Å²) in [6.45, 7) is 9.63. The summed E-state index contributed by atoms with van der Waals surface area (Å²) in [6, 6.07) is 6.86. The van der Waals surface area contributed by atoms with Gasteiger partial charge in [-0.05, 0) is 43.0 Å². The maximum Gasteiger partial charge on any atom is 0.123 e. The fourth-order valence-corrected chi connectivity index (χ4v) is 2.28. The molecule has 0 spiro atoms. The number of benzene rings is 1. The molecule has 1 aliphatic rings. The minimum absolute atomic E-state index is 0.147. The average molecular weight is 237 g/mol. The summed E-state index contributed by atoms with van der Waals surface area (Å²) in [4.78, 5) is 2.46. The molecule has 1 aromatic carbocycles. The van der Waals surface area contributed by atoms with E-state index in [1.165, 1.54) is 31.5 Å². The molecule has 0 aromatic heterocycles. The molecule has 0 amide bonds. The van der Waals surface area contributed by atoms with Crippen LogP contribution in [-0.4, -0.2) is 18.0 Å². The molecule has 1 atom stereocenters. The summed E-state index contributed by atoms with van der Waals surface area (Å²) in [5, 5.41) is 0. The molecule has 1 heterocycles. The molecule has 1 nitrogen and oxygen atoms in total. The number of halogens is 1. The fourth-order valence-electron chi connectivity index (χ4n) is 2.28. The lowest BCUT2D eigenvalue weighted by Crippen LogP contribution is -2.33. The van der Waals surface area contributed by atoms with Gasteiger partial charge in [-0.2, -0.15) is 0 Å². The first kappa shape index (κ1) is 14.2. The van der Waals surface area contributed by atoms with Gasteiger partial charge in [-0.25, -0.2) is 4.39 Å². The van der Waals surface area contributed by atoms with Crippen molar-refractivity contribution in [2.24, 2.45) is 5.92 Å². The van der Waals surface area contributed by atoms with Crippen LogP contribution in [0.2, 0.25) is 0 Å². The monoisotopic (exact) mass is 237 g/mol. The van der Waals surface area contributed by atoms with Crippen LogP contribution in [0.5, 0.6) is 0 Å². The second-order valence-electron chi connectivity index (χ2n) is 4.61. The van der Waals surface area contributed by atoms with Crippen LogP contribution in [0.15, 0.2) is 24.3 Å². The highest BCUT2D eigenvalue weighted by Gasteiger charge is 2.15. The largest absolute Gasteiger partial charge is 0.299 e. The van der Waals surface area contributed by atoms with Crippen molar-refractivity contribution in [3.8, 4) is 0 Å². The topological polar surface area (TPSA) is 3.24 Å². The Kier molecular flexibility index (Phi) is 6.20. The van der Waals surface area contributed by atoms with Crippen molar-refractivity contribution in [2.75, 3.05) is 13.1 Å². The van der Waals surface area contributed by atoms with Crippen LogP contribution < -0.4 is 0 Å². The first-order valence-corrected chi connectivity index (χ1v) is 6.71. The van der Waals surface area contributed by atoms with Crippen molar-refractivity contribution in [2.45, 2.75) is 40.2 Å². The molecule has 0 aliphatic carbocycles. The van der Waals surface area contributed by atoms with Crippen LogP contribution >= 0.6 is 0 Å². The zero-order valence-corrected chi connectivity index (χ0v) is 11.2. The summed E-state index contributed by atoms with van der Waals surface area (Å²) in [5.74, 6) is 0.657. The van der Waals surface area contributed by atoms with Gasteiger partial charge >= 0.3 is 0 Å². The van der Waals surface area contributed by atoms with E-state index in [-0.39, 0.29) is 5.82 Å². The molecule has 2 heteroatoms. The lowest BCUT2D eigenvalue weighted by Gasteiger charge is -2.30. The van der Waals surface area contributed by atoms with E-state index in [1.807, 2.05) is 26.0 Å². The number of rotatable bonds is 2. The van der Waals surface area contributed by atoms with E-state index < -0.39 is 0 Å². The fraction of sp³-hybridized carbons (Fsp3) is 0.600. The molecule has 0 N–H and O–H groups in total. The van der Waals surface area contributed by atoms with Gasteiger partial charge in [0.25, 0.3) is 0 Å². The third kappa shape index (κ3) is 4.86. The van der Waals surface area contributed by atoms with E-state index in [9.17, 15) is 4.39 Å². The van der Waals surface area contributed by atoms with Gasteiger partial charge in [0.2, 0.25) is 0 Å². The summed E-state index contributed by atoms with van der Waals surface area (Å²) in [5.41, 5.74) is 1.21. The summed E-state index contributed by atoms with van der Waals surface area (Å²) >= 11 is 0. The number of piperidine rings is 1. The van der Waals surface area contributed by atoms with Crippen molar-refractivity contribution in [3.63, 3.8) is 0 Å². The Morgan fingerprint density at radius 2 is 1.88 bits per heavy atom. The van der Waals surface area contributed by atoms with E-state index in [1.54, 1.807) is 12.1 Å². The van der Waals surface area contributed by atoms with Crippen LogP contribution in [0.3, 0.4) is 0 Å². The van der Waals surface area contributed by atoms with Crippen molar-refractivity contribution >= 4 is 0 Å². The molecule has 0 bridgehead atoms. The molecule has 96 valence electrons. The standard InChI is InChI=1S/C13H18FN.C2H6/c1-11-3-2-8-15(9-11)10-12-4-6-13(14)7-5-12;1-2/h4-7,11H,2-3,8-10H2,1H3;1-2H3. The van der Waals surface area contributed by atoms with Crippen LogP contribution in [-0.2, 0) is 6.54 Å². The van der Waals surface area contributed by atoms with Crippen molar-refractivity contribution in [1.29, 1.82) is 0 Å².